The highest BCUT2D eigenvalue weighted by Gasteiger charge is 2.33. The van der Waals surface area contributed by atoms with Crippen molar-refractivity contribution in [2.45, 2.75) is 0 Å². The molecular formula is C28H18O5. The van der Waals surface area contributed by atoms with E-state index < -0.39 is 11.5 Å². The lowest BCUT2D eigenvalue weighted by Crippen LogP contribution is -2.21. The zero-order valence-electron chi connectivity index (χ0n) is 17.4. The molecule has 0 radical (unpaired) electrons. The number of hydrogen-bond acceptors (Lipinski definition) is 5. The second-order valence-corrected chi connectivity index (χ2v) is 7.69. The van der Waals surface area contributed by atoms with Gasteiger partial charge in [-0.2, -0.15) is 0 Å². The van der Waals surface area contributed by atoms with Crippen LogP contribution in [0.5, 0.6) is 11.5 Å². The smallest absolute Gasteiger partial charge is 0.200 e. The van der Waals surface area contributed by atoms with Crippen LogP contribution in [0.3, 0.4) is 0 Å². The molecule has 5 heteroatoms. The standard InChI is InChI=1S/C28H18O5/c29-23(19-12-10-18(11-13-19)17-6-2-1-3-7-17)16-33-24-15-14-22-25(28(24)32)27(31)21-9-5-4-8-20(21)26(22)30/h1-15,32H,16H2. The first kappa shape index (κ1) is 20.4. The van der Waals surface area contributed by atoms with Gasteiger partial charge in [-0.1, -0.05) is 78.9 Å². The van der Waals surface area contributed by atoms with Crippen molar-refractivity contribution < 1.29 is 24.2 Å². The van der Waals surface area contributed by atoms with Gasteiger partial charge in [0.15, 0.2) is 35.5 Å². The number of Topliss-reactive ketones (excluding diaryl/α,β-unsaturated/α-hetero) is 1. The first-order valence-electron chi connectivity index (χ1n) is 10.4. The number of phenolic OH excluding ortho intramolecular Hbond substituents is 1. The predicted molar refractivity (Wildman–Crippen MR) is 123 cm³/mol. The molecule has 0 saturated heterocycles. The van der Waals surface area contributed by atoms with Gasteiger partial charge in [0.25, 0.3) is 0 Å². The first-order valence-corrected chi connectivity index (χ1v) is 10.4. The fourth-order valence-corrected chi connectivity index (χ4v) is 3.97. The van der Waals surface area contributed by atoms with Crippen LogP contribution in [0.25, 0.3) is 11.1 Å². The highest BCUT2D eigenvalue weighted by Crippen LogP contribution is 2.38. The molecule has 1 N–H and O–H groups in total. The van der Waals surface area contributed by atoms with Crippen molar-refractivity contribution in [1.29, 1.82) is 0 Å². The Labute approximate surface area is 189 Å². The van der Waals surface area contributed by atoms with Crippen molar-refractivity contribution in [3.05, 3.63) is 119 Å². The molecule has 5 nitrogen and oxygen atoms in total. The Hall–Kier alpha value is -4.51. The maximum absolute atomic E-state index is 12.9. The lowest BCUT2D eigenvalue weighted by atomic mass is 9.83. The number of phenols is 1. The highest BCUT2D eigenvalue weighted by atomic mass is 16.5. The minimum Gasteiger partial charge on any atom is -0.504 e. The number of aromatic hydroxyl groups is 1. The van der Waals surface area contributed by atoms with Crippen LogP contribution in [0.15, 0.2) is 91.0 Å². The van der Waals surface area contributed by atoms with Gasteiger partial charge < -0.3 is 9.84 Å². The van der Waals surface area contributed by atoms with Crippen molar-refractivity contribution >= 4 is 17.3 Å². The summed E-state index contributed by atoms with van der Waals surface area (Å²) >= 11 is 0. The summed E-state index contributed by atoms with van der Waals surface area (Å²) in [6.07, 6.45) is 0. The Kier molecular flexibility index (Phi) is 5.07. The predicted octanol–water partition coefficient (Wildman–Crippen LogP) is 5.10. The van der Waals surface area contributed by atoms with E-state index in [1.54, 1.807) is 36.4 Å². The van der Waals surface area contributed by atoms with E-state index in [0.29, 0.717) is 11.1 Å². The van der Waals surface area contributed by atoms with Gasteiger partial charge in [0, 0.05) is 22.3 Å². The third-order valence-corrected chi connectivity index (χ3v) is 5.70. The van der Waals surface area contributed by atoms with Crippen LogP contribution in [0.4, 0.5) is 0 Å². The van der Waals surface area contributed by atoms with E-state index in [0.717, 1.165) is 11.1 Å². The number of fused-ring (bicyclic) bond motifs is 2. The Balaban J connectivity index is 1.35. The number of rotatable bonds is 5. The maximum Gasteiger partial charge on any atom is 0.200 e. The summed E-state index contributed by atoms with van der Waals surface area (Å²) in [7, 11) is 0. The fourth-order valence-electron chi connectivity index (χ4n) is 3.97. The molecule has 4 aromatic carbocycles. The average molecular weight is 434 g/mol. The monoisotopic (exact) mass is 434 g/mol. The molecule has 0 fully saturated rings. The van der Waals surface area contributed by atoms with Crippen LogP contribution in [0.2, 0.25) is 0 Å². The van der Waals surface area contributed by atoms with Gasteiger partial charge in [0.1, 0.15) is 0 Å². The highest BCUT2D eigenvalue weighted by molar-refractivity contribution is 6.29. The minimum absolute atomic E-state index is 0.0245. The van der Waals surface area contributed by atoms with E-state index >= 15 is 0 Å². The number of ketones is 3. The van der Waals surface area contributed by atoms with Crippen LogP contribution < -0.4 is 4.74 Å². The Morgan fingerprint density at radius 3 is 1.97 bits per heavy atom. The van der Waals surface area contributed by atoms with Crippen molar-refractivity contribution in [1.82, 2.24) is 0 Å². The van der Waals surface area contributed by atoms with Crippen molar-refractivity contribution in [3.63, 3.8) is 0 Å². The van der Waals surface area contributed by atoms with E-state index in [1.165, 1.54) is 12.1 Å². The lowest BCUT2D eigenvalue weighted by molar-refractivity contribution is 0.0918. The number of hydrogen-bond donors (Lipinski definition) is 1. The van der Waals surface area contributed by atoms with Gasteiger partial charge >= 0.3 is 0 Å². The normalized spacial score (nSPS) is 12.1. The summed E-state index contributed by atoms with van der Waals surface area (Å²) < 4.78 is 5.54. The van der Waals surface area contributed by atoms with Crippen LogP contribution in [-0.2, 0) is 0 Å². The summed E-state index contributed by atoms with van der Waals surface area (Å²) in [6.45, 7) is -0.324. The Morgan fingerprint density at radius 1 is 0.667 bits per heavy atom. The molecule has 0 spiro atoms. The second-order valence-electron chi connectivity index (χ2n) is 7.69. The van der Waals surface area contributed by atoms with Crippen LogP contribution >= 0.6 is 0 Å². The summed E-state index contributed by atoms with van der Waals surface area (Å²) in [5, 5.41) is 10.7. The van der Waals surface area contributed by atoms with Gasteiger partial charge in [-0.25, -0.2) is 0 Å². The maximum atomic E-state index is 12.9. The molecule has 0 atom stereocenters. The van der Waals surface area contributed by atoms with Crippen molar-refractivity contribution in [2.75, 3.05) is 6.61 Å². The van der Waals surface area contributed by atoms with Gasteiger partial charge in [0.2, 0.25) is 0 Å². The van der Waals surface area contributed by atoms with Gasteiger partial charge in [0.05, 0.1) is 5.56 Å². The molecule has 0 aliphatic heterocycles. The minimum atomic E-state index is -0.453. The SMILES string of the molecule is O=C(COc1ccc2c(c1O)C(=O)c1ccccc1C2=O)c1ccc(-c2ccccc2)cc1. The largest absolute Gasteiger partial charge is 0.504 e. The van der Waals surface area contributed by atoms with E-state index in [4.69, 9.17) is 4.74 Å². The molecule has 1 aliphatic carbocycles. The number of carbonyl (C=O) groups excluding carboxylic acids is 3. The van der Waals surface area contributed by atoms with Crippen LogP contribution in [-0.4, -0.2) is 29.1 Å². The van der Waals surface area contributed by atoms with Crippen LogP contribution in [0.1, 0.15) is 42.2 Å². The third-order valence-electron chi connectivity index (χ3n) is 5.70. The Morgan fingerprint density at radius 2 is 1.27 bits per heavy atom. The second kappa shape index (κ2) is 8.20. The summed E-state index contributed by atoms with van der Waals surface area (Å²) in [5.41, 5.74) is 3.06. The van der Waals surface area contributed by atoms with E-state index in [9.17, 15) is 19.5 Å². The van der Waals surface area contributed by atoms with Crippen LogP contribution in [0, 0.1) is 0 Å². The number of carbonyl (C=O) groups is 3. The van der Waals surface area contributed by atoms with Crippen molar-refractivity contribution in [2.24, 2.45) is 0 Å². The molecule has 0 saturated carbocycles. The Bertz CT molecular complexity index is 1400. The van der Waals surface area contributed by atoms with Crippen molar-refractivity contribution in [3.8, 4) is 22.6 Å². The third kappa shape index (κ3) is 3.59. The first-order chi connectivity index (χ1) is 16.0. The fraction of sp³-hybridized carbons (Fsp3) is 0.0357. The topological polar surface area (TPSA) is 80.7 Å². The summed E-state index contributed by atoms with van der Waals surface area (Å²) in [6, 6.07) is 26.3. The molecule has 0 bridgehead atoms. The molecular weight excluding hydrogens is 416 g/mol. The molecule has 0 unspecified atom stereocenters. The molecule has 4 aromatic rings. The molecule has 33 heavy (non-hydrogen) atoms. The average Bonchev–Trinajstić information content (AvgIpc) is 2.87. The lowest BCUT2D eigenvalue weighted by Gasteiger charge is -2.19. The summed E-state index contributed by atoms with van der Waals surface area (Å²) in [4.78, 5) is 38.3. The molecule has 5 rings (SSSR count). The molecule has 160 valence electrons. The van der Waals surface area contributed by atoms with E-state index in [2.05, 4.69) is 0 Å². The van der Waals surface area contributed by atoms with Gasteiger partial charge in [-0.15, -0.1) is 0 Å². The molecule has 0 aromatic heterocycles. The van der Waals surface area contributed by atoms with Gasteiger partial charge in [-0.05, 0) is 23.3 Å². The van der Waals surface area contributed by atoms with E-state index in [-0.39, 0.29) is 40.6 Å². The quantitative estimate of drug-likeness (QED) is 0.390. The molecule has 0 amide bonds. The molecule has 1 aliphatic rings. The number of ether oxygens (including phenoxy) is 1. The zero-order chi connectivity index (χ0) is 22.9. The van der Waals surface area contributed by atoms with E-state index in [1.807, 2.05) is 42.5 Å². The van der Waals surface area contributed by atoms with Gasteiger partial charge in [-0.3, -0.25) is 14.4 Å². The summed E-state index contributed by atoms with van der Waals surface area (Å²) in [5.74, 6) is -1.53. The number of benzene rings is 4. The zero-order valence-corrected chi connectivity index (χ0v) is 17.4. The molecule has 0 heterocycles.